The first-order chi connectivity index (χ1) is 16.5. The van der Waals surface area contributed by atoms with Gasteiger partial charge in [-0.2, -0.15) is 10.4 Å². The Labute approximate surface area is 197 Å². The maximum absolute atomic E-state index is 12.4. The summed E-state index contributed by atoms with van der Waals surface area (Å²) in [5.74, 6) is -0.773. The molecule has 0 aromatic heterocycles. The maximum Gasteiger partial charge on any atom is 0.252 e. The lowest BCUT2D eigenvalue weighted by atomic mass is 10.1. The average Bonchev–Trinajstić information content (AvgIpc) is 2.88. The smallest absolute Gasteiger partial charge is 0.252 e. The average molecular weight is 457 g/mol. The maximum atomic E-state index is 12.4. The molecule has 3 rings (SSSR count). The van der Waals surface area contributed by atoms with Gasteiger partial charge in [-0.15, -0.1) is 0 Å². The summed E-state index contributed by atoms with van der Waals surface area (Å²) in [5, 5.41) is 15.9. The van der Waals surface area contributed by atoms with E-state index in [-0.39, 0.29) is 6.61 Å². The highest BCUT2D eigenvalue weighted by molar-refractivity contribution is 6.06. The largest absolute Gasteiger partial charge is 0.497 e. The Hall–Kier alpha value is -4.64. The summed E-state index contributed by atoms with van der Waals surface area (Å²) in [7, 11) is 1.55. The van der Waals surface area contributed by atoms with Crippen LogP contribution < -0.4 is 20.2 Å². The van der Waals surface area contributed by atoms with E-state index in [4.69, 9.17) is 9.47 Å². The predicted octanol–water partition coefficient (Wildman–Crippen LogP) is 3.87. The summed E-state index contributed by atoms with van der Waals surface area (Å²) in [5.41, 5.74) is 4.88. The molecule has 172 valence electrons. The number of nitrogens with one attached hydrogen (secondary N) is 2. The van der Waals surface area contributed by atoms with Crippen LogP contribution in [0.1, 0.15) is 23.6 Å². The van der Waals surface area contributed by atoms with E-state index in [1.54, 1.807) is 55.6 Å². The number of carbonyl (C=O) groups is 2. The molecule has 0 fully saturated rings. The Morgan fingerprint density at radius 1 is 1.03 bits per heavy atom. The fourth-order valence-corrected chi connectivity index (χ4v) is 2.94. The van der Waals surface area contributed by atoms with Gasteiger partial charge in [-0.25, -0.2) is 5.43 Å². The zero-order valence-corrected chi connectivity index (χ0v) is 18.8. The van der Waals surface area contributed by atoms with Crippen molar-refractivity contribution in [2.45, 2.75) is 13.5 Å². The number of hydrogen-bond acceptors (Lipinski definition) is 6. The van der Waals surface area contributed by atoms with Crippen LogP contribution in [0.5, 0.6) is 11.5 Å². The monoisotopic (exact) mass is 456 g/mol. The lowest BCUT2D eigenvalue weighted by molar-refractivity contribution is -0.131. The molecule has 2 amide bonds. The number of nitrogens with zero attached hydrogens (tertiary/aromatic N) is 2. The molecule has 0 heterocycles. The van der Waals surface area contributed by atoms with Crippen molar-refractivity contribution in [1.29, 1.82) is 5.26 Å². The van der Waals surface area contributed by atoms with Gasteiger partial charge >= 0.3 is 0 Å². The highest BCUT2D eigenvalue weighted by Gasteiger charge is 2.21. The van der Waals surface area contributed by atoms with E-state index < -0.39 is 17.7 Å². The van der Waals surface area contributed by atoms with Crippen LogP contribution in [0.4, 0.5) is 5.69 Å². The molecule has 0 saturated heterocycles. The lowest BCUT2D eigenvalue weighted by Gasteiger charge is -2.11. The molecular weight excluding hydrogens is 432 g/mol. The van der Waals surface area contributed by atoms with Crippen LogP contribution in [0.2, 0.25) is 0 Å². The molecular formula is C26H24N4O4. The molecule has 8 nitrogen and oxygen atoms in total. The number of para-hydroxylation sites is 1. The highest BCUT2D eigenvalue weighted by atomic mass is 16.5. The third-order valence-electron chi connectivity index (χ3n) is 4.96. The van der Waals surface area contributed by atoms with Gasteiger partial charge < -0.3 is 14.8 Å². The van der Waals surface area contributed by atoms with Crippen molar-refractivity contribution in [2.24, 2.45) is 11.0 Å². The van der Waals surface area contributed by atoms with Gasteiger partial charge in [-0.1, -0.05) is 30.3 Å². The minimum Gasteiger partial charge on any atom is -0.497 e. The first kappa shape index (κ1) is 24.0. The van der Waals surface area contributed by atoms with Gasteiger partial charge in [0.2, 0.25) is 5.91 Å². The Kier molecular flexibility index (Phi) is 8.36. The standard InChI is InChI=1S/C26H24N4O4/c1-18(25(31)29-22-11-13-23(33-2)14-12-22)26(32)30-28-16-20-8-5-6-10-24(20)34-17-21-9-4-3-7-19(21)15-27/h3-14,16,18H,17H2,1-2H3,(H,29,31)(H,30,32). The minimum absolute atomic E-state index is 0.212. The molecule has 0 bridgehead atoms. The second kappa shape index (κ2) is 11.8. The highest BCUT2D eigenvalue weighted by Crippen LogP contribution is 2.19. The number of ether oxygens (including phenoxy) is 2. The molecule has 0 aliphatic heterocycles. The van der Waals surface area contributed by atoms with Crippen LogP contribution in [0.3, 0.4) is 0 Å². The summed E-state index contributed by atoms with van der Waals surface area (Å²) in [6.07, 6.45) is 1.44. The number of methoxy groups -OCH3 is 1. The molecule has 0 aliphatic rings. The van der Waals surface area contributed by atoms with Gasteiger partial charge in [0.05, 0.1) is 25.0 Å². The SMILES string of the molecule is COc1ccc(NC(=O)C(C)C(=O)NN=Cc2ccccc2OCc2ccccc2C#N)cc1. The van der Waals surface area contributed by atoms with E-state index in [0.717, 1.165) is 5.56 Å². The van der Waals surface area contributed by atoms with Gasteiger partial charge in [0.1, 0.15) is 24.0 Å². The Balaban J connectivity index is 1.57. The Bertz CT molecular complexity index is 1220. The van der Waals surface area contributed by atoms with E-state index in [1.807, 2.05) is 24.3 Å². The summed E-state index contributed by atoms with van der Waals surface area (Å²) in [6, 6.07) is 23.3. The summed E-state index contributed by atoms with van der Waals surface area (Å²) >= 11 is 0. The van der Waals surface area contributed by atoms with Crippen LogP contribution in [-0.2, 0) is 16.2 Å². The molecule has 1 atom stereocenters. The van der Waals surface area contributed by atoms with Gasteiger partial charge in [0.15, 0.2) is 0 Å². The van der Waals surface area contributed by atoms with Crippen molar-refractivity contribution in [3.63, 3.8) is 0 Å². The van der Waals surface area contributed by atoms with Crippen LogP contribution in [0.15, 0.2) is 77.9 Å². The number of hydrogen-bond donors (Lipinski definition) is 2. The van der Waals surface area contributed by atoms with E-state index in [2.05, 4.69) is 21.9 Å². The number of carbonyl (C=O) groups excluding carboxylic acids is 2. The third kappa shape index (κ3) is 6.43. The molecule has 1 unspecified atom stereocenters. The van der Waals surface area contributed by atoms with Crippen molar-refractivity contribution in [2.75, 3.05) is 12.4 Å². The zero-order chi connectivity index (χ0) is 24.3. The topological polar surface area (TPSA) is 113 Å². The predicted molar refractivity (Wildman–Crippen MR) is 128 cm³/mol. The van der Waals surface area contributed by atoms with E-state index in [1.165, 1.54) is 13.1 Å². The lowest BCUT2D eigenvalue weighted by Crippen LogP contribution is -2.34. The zero-order valence-electron chi connectivity index (χ0n) is 18.8. The fraction of sp³-hybridized carbons (Fsp3) is 0.154. The molecule has 3 aromatic rings. The molecule has 0 saturated carbocycles. The van der Waals surface area contributed by atoms with Crippen LogP contribution in [0, 0.1) is 17.2 Å². The quantitative estimate of drug-likeness (QED) is 0.288. The summed E-state index contributed by atoms with van der Waals surface area (Å²) in [4.78, 5) is 24.7. The Morgan fingerprint density at radius 3 is 2.47 bits per heavy atom. The normalized spacial score (nSPS) is 11.3. The molecule has 34 heavy (non-hydrogen) atoms. The van der Waals surface area contributed by atoms with Gasteiger partial charge in [-0.05, 0) is 49.4 Å². The number of amides is 2. The molecule has 8 heteroatoms. The molecule has 0 aliphatic carbocycles. The Morgan fingerprint density at radius 2 is 1.74 bits per heavy atom. The van der Waals surface area contributed by atoms with E-state index in [9.17, 15) is 14.9 Å². The second-order valence-corrected chi connectivity index (χ2v) is 7.27. The van der Waals surface area contributed by atoms with Crippen LogP contribution >= 0.6 is 0 Å². The molecule has 0 radical (unpaired) electrons. The fourth-order valence-electron chi connectivity index (χ4n) is 2.94. The van der Waals surface area contributed by atoms with E-state index >= 15 is 0 Å². The van der Waals surface area contributed by atoms with E-state index in [0.29, 0.717) is 28.3 Å². The van der Waals surface area contributed by atoms with Crippen LogP contribution in [-0.4, -0.2) is 25.1 Å². The third-order valence-corrected chi connectivity index (χ3v) is 4.96. The minimum atomic E-state index is -0.965. The van der Waals surface area contributed by atoms with Crippen molar-refractivity contribution >= 4 is 23.7 Å². The second-order valence-electron chi connectivity index (χ2n) is 7.27. The van der Waals surface area contributed by atoms with Crippen molar-refractivity contribution in [3.8, 4) is 17.6 Å². The summed E-state index contributed by atoms with van der Waals surface area (Å²) in [6.45, 7) is 1.71. The number of benzene rings is 3. The first-order valence-corrected chi connectivity index (χ1v) is 10.5. The van der Waals surface area contributed by atoms with Crippen LogP contribution in [0.25, 0.3) is 0 Å². The number of rotatable bonds is 9. The molecule has 2 N–H and O–H groups in total. The van der Waals surface area contributed by atoms with Crippen molar-refractivity contribution in [1.82, 2.24) is 5.43 Å². The van der Waals surface area contributed by atoms with Crippen molar-refractivity contribution < 1.29 is 19.1 Å². The van der Waals surface area contributed by atoms with Gasteiger partial charge in [0, 0.05) is 16.8 Å². The first-order valence-electron chi connectivity index (χ1n) is 10.5. The molecule has 3 aromatic carbocycles. The van der Waals surface area contributed by atoms with Gasteiger partial charge in [0.25, 0.3) is 5.91 Å². The number of hydrazone groups is 1. The van der Waals surface area contributed by atoms with Gasteiger partial charge in [-0.3, -0.25) is 9.59 Å². The van der Waals surface area contributed by atoms with Crippen molar-refractivity contribution in [3.05, 3.63) is 89.5 Å². The number of nitriles is 1. The summed E-state index contributed by atoms with van der Waals surface area (Å²) < 4.78 is 10.9. The molecule has 0 spiro atoms. The number of anilines is 1.